The van der Waals surface area contributed by atoms with E-state index in [4.69, 9.17) is 0 Å². The van der Waals surface area contributed by atoms with Crippen molar-refractivity contribution in [1.29, 1.82) is 0 Å². The van der Waals surface area contributed by atoms with E-state index >= 15 is 0 Å². The molecule has 0 aromatic heterocycles. The van der Waals surface area contributed by atoms with Crippen molar-refractivity contribution >= 4 is 17.5 Å². The number of halogens is 4. The molecule has 1 aliphatic rings. The van der Waals surface area contributed by atoms with E-state index in [2.05, 4.69) is 14.9 Å². The zero-order valence-electron chi connectivity index (χ0n) is 10.5. The Morgan fingerprint density at radius 2 is 1.90 bits per heavy atom. The zero-order valence-corrected chi connectivity index (χ0v) is 10.5. The van der Waals surface area contributed by atoms with Gasteiger partial charge in [0.25, 0.3) is 0 Å². The van der Waals surface area contributed by atoms with Crippen molar-refractivity contribution in [3.63, 3.8) is 0 Å². The summed E-state index contributed by atoms with van der Waals surface area (Å²) < 4.78 is 55.9. The molecular weight excluding hydrogens is 296 g/mol. The molecule has 0 aliphatic carbocycles. The summed E-state index contributed by atoms with van der Waals surface area (Å²) in [5.41, 5.74) is -0.222. The minimum absolute atomic E-state index is 0.0529. The van der Waals surface area contributed by atoms with Crippen LogP contribution in [0.25, 0.3) is 0 Å². The molecule has 112 valence electrons. The van der Waals surface area contributed by atoms with E-state index in [1.54, 1.807) is 5.53 Å². The van der Waals surface area contributed by atoms with Crippen LogP contribution in [0.1, 0.15) is 5.56 Å². The van der Waals surface area contributed by atoms with Gasteiger partial charge in [0.1, 0.15) is 11.5 Å². The molecule has 0 fully saturated rings. The fourth-order valence-corrected chi connectivity index (χ4v) is 1.49. The predicted octanol–water partition coefficient (Wildman–Crippen LogP) is 2.03. The number of hydrazone groups is 2. The Labute approximate surface area is 115 Å². The van der Waals surface area contributed by atoms with Gasteiger partial charge < -0.3 is 4.74 Å². The summed E-state index contributed by atoms with van der Waals surface area (Å²) in [4.78, 5) is 11.3. The molecule has 10 heteroatoms. The molecule has 0 unspecified atom stereocenters. The van der Waals surface area contributed by atoms with Crippen LogP contribution in [-0.4, -0.2) is 35.9 Å². The monoisotopic (exact) mass is 304 g/mol. The average Bonchev–Trinajstić information content (AvgIpc) is 2.45. The molecule has 0 radical (unpaired) electrons. The Morgan fingerprint density at radius 3 is 2.43 bits per heavy atom. The molecule has 6 nitrogen and oxygen atoms in total. The van der Waals surface area contributed by atoms with Crippen molar-refractivity contribution in [2.24, 2.45) is 10.2 Å². The van der Waals surface area contributed by atoms with Crippen molar-refractivity contribution in [1.82, 2.24) is 10.7 Å². The summed E-state index contributed by atoms with van der Waals surface area (Å²) in [6.07, 6.45) is -5.86. The molecule has 0 saturated carbocycles. The average molecular weight is 304 g/mol. The van der Waals surface area contributed by atoms with Crippen LogP contribution < -0.4 is 5.53 Å². The molecule has 0 spiro atoms. The number of rotatable bonds is 1. The quantitative estimate of drug-likeness (QED) is 0.807. The van der Waals surface area contributed by atoms with Crippen molar-refractivity contribution in [2.45, 2.75) is 6.18 Å². The molecule has 1 aliphatic heterocycles. The summed E-state index contributed by atoms with van der Waals surface area (Å²) in [6.45, 7) is 0. The summed E-state index contributed by atoms with van der Waals surface area (Å²) in [5.74, 6) is -0.622. The second-order valence-corrected chi connectivity index (χ2v) is 3.80. The number of ether oxygens (including phenoxy) is 1. The zero-order chi connectivity index (χ0) is 15.6. The number of amides is 1. The standard InChI is InChI=1S/C11H8F4N4O2/c1-21-10(20)19-17-8(6-2-4-7(12)5-3-6)9(16-18-19)11(13,14)15/h2-5,18H,1H3. The van der Waals surface area contributed by atoms with Gasteiger partial charge in [-0.05, 0) is 24.3 Å². The Morgan fingerprint density at radius 1 is 1.29 bits per heavy atom. The number of carbonyl (C=O) groups is 1. The Hall–Kier alpha value is -2.65. The maximum atomic E-state index is 12.9. The Balaban J connectivity index is 2.46. The van der Waals surface area contributed by atoms with Crippen LogP contribution in [0.5, 0.6) is 0 Å². The van der Waals surface area contributed by atoms with E-state index in [-0.39, 0.29) is 5.56 Å². The lowest BCUT2D eigenvalue weighted by Crippen LogP contribution is -2.46. The van der Waals surface area contributed by atoms with Gasteiger partial charge in [0.2, 0.25) is 0 Å². The molecular formula is C11H8F4N4O2. The molecule has 0 atom stereocenters. The highest BCUT2D eigenvalue weighted by Crippen LogP contribution is 2.23. The minimum Gasteiger partial charge on any atom is -0.450 e. The van der Waals surface area contributed by atoms with Crippen LogP contribution in [0.15, 0.2) is 34.5 Å². The first-order valence-corrected chi connectivity index (χ1v) is 5.46. The number of hydrazine groups is 1. The van der Waals surface area contributed by atoms with Crippen molar-refractivity contribution < 1.29 is 27.1 Å². The van der Waals surface area contributed by atoms with Gasteiger partial charge in [0.15, 0.2) is 5.71 Å². The topological polar surface area (TPSA) is 66.3 Å². The highest BCUT2D eigenvalue weighted by molar-refractivity contribution is 6.50. The van der Waals surface area contributed by atoms with Crippen molar-refractivity contribution in [2.75, 3.05) is 7.11 Å². The lowest BCUT2D eigenvalue weighted by molar-refractivity contribution is -0.0581. The maximum Gasteiger partial charge on any atom is 0.451 e. The molecule has 1 N–H and O–H groups in total. The number of nitrogens with zero attached hydrogens (tertiary/aromatic N) is 3. The fraction of sp³-hybridized carbons (Fsp3) is 0.182. The number of carbonyl (C=O) groups excluding carboxylic acids is 1. The van der Waals surface area contributed by atoms with Gasteiger partial charge in [-0.1, -0.05) is 5.12 Å². The van der Waals surface area contributed by atoms with E-state index in [0.717, 1.165) is 31.4 Å². The smallest absolute Gasteiger partial charge is 0.450 e. The highest BCUT2D eigenvalue weighted by atomic mass is 19.4. The number of hydrogen-bond acceptors (Lipinski definition) is 5. The SMILES string of the molecule is COC(=O)N1N=C(c2ccc(F)cc2)C(C(F)(F)F)=NN1. The fourth-order valence-electron chi connectivity index (χ4n) is 1.49. The number of alkyl halides is 3. The van der Waals surface area contributed by atoms with Crippen LogP contribution in [0.2, 0.25) is 0 Å². The molecule has 21 heavy (non-hydrogen) atoms. The van der Waals surface area contributed by atoms with Crippen LogP contribution in [0, 0.1) is 5.82 Å². The van der Waals surface area contributed by atoms with Gasteiger partial charge >= 0.3 is 12.3 Å². The molecule has 2 rings (SSSR count). The van der Waals surface area contributed by atoms with Gasteiger partial charge in [0, 0.05) is 5.56 Å². The van der Waals surface area contributed by atoms with Crippen molar-refractivity contribution in [3.05, 3.63) is 35.6 Å². The van der Waals surface area contributed by atoms with E-state index in [0.29, 0.717) is 5.12 Å². The highest BCUT2D eigenvalue weighted by Gasteiger charge is 2.42. The van der Waals surface area contributed by atoms with Gasteiger partial charge in [-0.15, -0.1) is 5.10 Å². The summed E-state index contributed by atoms with van der Waals surface area (Å²) in [6, 6.07) is 4.12. The molecule has 0 saturated heterocycles. The van der Waals surface area contributed by atoms with Crippen LogP contribution in [0.3, 0.4) is 0 Å². The first kappa shape index (κ1) is 14.8. The lowest BCUT2D eigenvalue weighted by atomic mass is 10.1. The van der Waals surface area contributed by atoms with E-state index in [9.17, 15) is 22.4 Å². The molecule has 1 heterocycles. The third-order valence-corrected chi connectivity index (χ3v) is 2.41. The van der Waals surface area contributed by atoms with Crippen LogP contribution in [-0.2, 0) is 4.74 Å². The predicted molar refractivity (Wildman–Crippen MR) is 63.8 cm³/mol. The van der Waals surface area contributed by atoms with Crippen LogP contribution in [0.4, 0.5) is 22.4 Å². The van der Waals surface area contributed by atoms with Gasteiger partial charge in [-0.2, -0.15) is 23.8 Å². The molecule has 1 amide bonds. The number of hydrogen-bond donors (Lipinski definition) is 1. The number of methoxy groups -OCH3 is 1. The second-order valence-electron chi connectivity index (χ2n) is 3.80. The lowest BCUT2D eigenvalue weighted by Gasteiger charge is -2.23. The van der Waals surface area contributed by atoms with Gasteiger partial charge in [0.05, 0.1) is 7.11 Å². The van der Waals surface area contributed by atoms with Crippen molar-refractivity contribution in [3.8, 4) is 0 Å². The number of nitrogens with one attached hydrogen (secondary N) is 1. The first-order valence-electron chi connectivity index (χ1n) is 5.46. The van der Waals surface area contributed by atoms with Crippen LogP contribution >= 0.6 is 0 Å². The Kier molecular flexibility index (Phi) is 3.78. The second kappa shape index (κ2) is 5.38. The molecule has 1 aromatic carbocycles. The minimum atomic E-state index is -4.80. The number of benzene rings is 1. The van der Waals surface area contributed by atoms with E-state index in [1.807, 2.05) is 0 Å². The molecule has 1 aromatic rings. The summed E-state index contributed by atoms with van der Waals surface area (Å²) >= 11 is 0. The largest absolute Gasteiger partial charge is 0.451 e. The van der Waals surface area contributed by atoms with Gasteiger partial charge in [-0.3, -0.25) is 0 Å². The maximum absolute atomic E-state index is 12.9. The van der Waals surface area contributed by atoms with Gasteiger partial charge in [-0.25, -0.2) is 9.18 Å². The first-order chi connectivity index (χ1) is 9.82. The molecule has 0 bridgehead atoms. The normalized spacial score (nSPS) is 15.0. The third-order valence-electron chi connectivity index (χ3n) is 2.41. The van der Waals surface area contributed by atoms with E-state index in [1.165, 1.54) is 0 Å². The summed E-state index contributed by atoms with van der Waals surface area (Å²) in [5, 5.41) is 6.96. The Bertz CT molecular complexity index is 610. The van der Waals surface area contributed by atoms with E-state index < -0.39 is 29.5 Å². The summed E-state index contributed by atoms with van der Waals surface area (Å²) in [7, 11) is 1.03. The third kappa shape index (κ3) is 3.09.